The maximum Gasteiger partial charge on any atom is 0.293 e. The van der Waals surface area contributed by atoms with E-state index in [4.69, 9.17) is 4.74 Å². The van der Waals surface area contributed by atoms with Crippen molar-refractivity contribution in [3.05, 3.63) is 58.1 Å². The summed E-state index contributed by atoms with van der Waals surface area (Å²) in [7, 11) is 0.313. The smallest absolute Gasteiger partial charge is 0.293 e. The third-order valence-electron chi connectivity index (χ3n) is 3.44. The van der Waals surface area contributed by atoms with Gasteiger partial charge in [0, 0.05) is 25.3 Å². The van der Waals surface area contributed by atoms with Crippen LogP contribution in [0.3, 0.4) is 0 Å². The number of nitrogens with zero attached hydrogens (tertiary/aromatic N) is 2. The van der Waals surface area contributed by atoms with Crippen LogP contribution in [-0.4, -0.2) is 45.4 Å². The molecule has 138 valence electrons. The number of carbonyl (C=O) groups is 1. The van der Waals surface area contributed by atoms with Gasteiger partial charge in [0.05, 0.1) is 18.1 Å². The number of methoxy groups -OCH3 is 1. The molecule has 0 aliphatic heterocycles. The zero-order valence-electron chi connectivity index (χ0n) is 14.3. The Hall–Kier alpha value is -3.14. The Labute approximate surface area is 150 Å². The molecular weight excluding hydrogens is 362 g/mol. The summed E-state index contributed by atoms with van der Waals surface area (Å²) in [6, 6.07) is 9.19. The van der Waals surface area contributed by atoms with E-state index in [9.17, 15) is 23.3 Å². The zero-order chi connectivity index (χ0) is 19.5. The van der Waals surface area contributed by atoms with Gasteiger partial charge in [-0.15, -0.1) is 0 Å². The van der Waals surface area contributed by atoms with Gasteiger partial charge in [-0.2, -0.15) is 0 Å². The molecule has 26 heavy (non-hydrogen) atoms. The summed E-state index contributed by atoms with van der Waals surface area (Å²) in [5.74, 6) is -0.0626. The van der Waals surface area contributed by atoms with Crippen LogP contribution in [-0.2, 0) is 10.0 Å². The molecule has 0 unspecified atom stereocenters. The summed E-state index contributed by atoms with van der Waals surface area (Å²) in [5.41, 5.74) is -0.0462. The number of nitrogens with one attached hydrogen (secondary N) is 1. The maximum atomic E-state index is 12.5. The van der Waals surface area contributed by atoms with Crippen LogP contribution in [0.2, 0.25) is 0 Å². The number of anilines is 1. The summed E-state index contributed by atoms with van der Waals surface area (Å²) in [5, 5.41) is 11.2. The molecule has 0 bridgehead atoms. The van der Waals surface area contributed by atoms with Crippen molar-refractivity contribution >= 4 is 27.3 Å². The quantitative estimate of drug-likeness (QED) is 0.606. The van der Waals surface area contributed by atoms with Crippen molar-refractivity contribution in [2.24, 2.45) is 0 Å². The maximum absolute atomic E-state index is 12.5. The molecule has 0 aromatic heterocycles. The minimum absolute atomic E-state index is 0.169. The van der Waals surface area contributed by atoms with Gasteiger partial charge < -0.3 is 9.64 Å². The van der Waals surface area contributed by atoms with Crippen molar-refractivity contribution in [1.29, 1.82) is 0 Å². The molecule has 2 rings (SSSR count). The highest BCUT2D eigenvalue weighted by molar-refractivity contribution is 7.92. The second-order valence-corrected chi connectivity index (χ2v) is 7.12. The normalized spacial score (nSPS) is 10.9. The molecule has 0 radical (unpaired) electrons. The lowest BCUT2D eigenvalue weighted by Crippen LogP contribution is -2.21. The monoisotopic (exact) mass is 379 g/mol. The summed E-state index contributed by atoms with van der Waals surface area (Å²) < 4.78 is 32.2. The first kappa shape index (κ1) is 19.2. The predicted molar refractivity (Wildman–Crippen MR) is 94.9 cm³/mol. The number of rotatable bonds is 6. The Bertz CT molecular complexity index is 939. The number of nitro groups is 1. The average molecular weight is 379 g/mol. The fourth-order valence-corrected chi connectivity index (χ4v) is 3.36. The van der Waals surface area contributed by atoms with Crippen molar-refractivity contribution in [3.63, 3.8) is 0 Å². The minimum atomic E-state index is -4.21. The molecule has 1 N–H and O–H groups in total. The SMILES string of the molecule is COc1ccc(S(=O)(=O)Nc2ccc(C(=O)N(C)C)cc2)c([N+](=O)[O-])c1. The number of benzene rings is 2. The minimum Gasteiger partial charge on any atom is -0.497 e. The van der Waals surface area contributed by atoms with Gasteiger partial charge in [0.1, 0.15) is 5.75 Å². The van der Waals surface area contributed by atoms with Gasteiger partial charge in [-0.1, -0.05) is 0 Å². The van der Waals surface area contributed by atoms with Crippen molar-refractivity contribution in [3.8, 4) is 5.75 Å². The Morgan fingerprint density at radius 3 is 2.27 bits per heavy atom. The van der Waals surface area contributed by atoms with E-state index in [-0.39, 0.29) is 17.3 Å². The lowest BCUT2D eigenvalue weighted by molar-refractivity contribution is -0.387. The first-order valence-corrected chi connectivity index (χ1v) is 8.81. The van der Waals surface area contributed by atoms with Gasteiger partial charge in [-0.05, 0) is 36.4 Å². The van der Waals surface area contributed by atoms with Crippen LogP contribution < -0.4 is 9.46 Å². The third kappa shape index (κ3) is 4.09. The van der Waals surface area contributed by atoms with Crippen LogP contribution in [0.25, 0.3) is 0 Å². The van der Waals surface area contributed by atoms with Gasteiger partial charge in [0.25, 0.3) is 21.6 Å². The fraction of sp³-hybridized carbons (Fsp3) is 0.188. The first-order valence-electron chi connectivity index (χ1n) is 7.32. The van der Waals surface area contributed by atoms with E-state index < -0.39 is 25.5 Å². The Kier molecular flexibility index (Phi) is 5.46. The molecule has 1 amide bonds. The zero-order valence-corrected chi connectivity index (χ0v) is 15.1. The molecule has 9 nitrogen and oxygen atoms in total. The number of hydrogen-bond donors (Lipinski definition) is 1. The molecular formula is C16H17N3O6S. The standard InChI is InChI=1S/C16H17N3O6S/c1-18(2)16(20)11-4-6-12(7-5-11)17-26(23,24)15-9-8-13(25-3)10-14(15)19(21)22/h4-10,17H,1-3H3. The highest BCUT2D eigenvalue weighted by atomic mass is 32.2. The lowest BCUT2D eigenvalue weighted by atomic mass is 10.2. The van der Waals surface area contributed by atoms with Crippen LogP contribution in [0.4, 0.5) is 11.4 Å². The summed E-state index contributed by atoms with van der Waals surface area (Å²) in [4.78, 5) is 23.1. The fourth-order valence-electron chi connectivity index (χ4n) is 2.14. The van der Waals surface area contributed by atoms with Crippen molar-refractivity contribution < 1.29 is 22.9 Å². The molecule has 0 saturated heterocycles. The van der Waals surface area contributed by atoms with Crippen LogP contribution in [0.5, 0.6) is 5.75 Å². The number of sulfonamides is 1. The average Bonchev–Trinajstić information content (AvgIpc) is 2.60. The molecule has 0 spiro atoms. The highest BCUT2D eigenvalue weighted by Gasteiger charge is 2.26. The van der Waals surface area contributed by atoms with Crippen molar-refractivity contribution in [2.75, 3.05) is 25.9 Å². The van der Waals surface area contributed by atoms with Gasteiger partial charge in [0.15, 0.2) is 4.90 Å². The topological polar surface area (TPSA) is 119 Å². The molecule has 10 heteroatoms. The van der Waals surface area contributed by atoms with Crippen LogP contribution in [0.15, 0.2) is 47.4 Å². The van der Waals surface area contributed by atoms with Crippen LogP contribution >= 0.6 is 0 Å². The molecule has 2 aromatic carbocycles. The van der Waals surface area contributed by atoms with Gasteiger partial charge >= 0.3 is 0 Å². The van der Waals surface area contributed by atoms with Gasteiger partial charge in [-0.25, -0.2) is 8.42 Å². The molecule has 0 aliphatic rings. The second-order valence-electron chi connectivity index (χ2n) is 5.47. The van der Waals surface area contributed by atoms with Crippen LogP contribution in [0, 0.1) is 10.1 Å². The molecule has 2 aromatic rings. The number of ether oxygens (including phenoxy) is 1. The molecule has 0 saturated carbocycles. The number of amides is 1. The molecule has 0 atom stereocenters. The summed E-state index contributed by atoms with van der Waals surface area (Å²) in [6.07, 6.45) is 0. The van der Waals surface area contributed by atoms with E-state index in [0.29, 0.717) is 5.56 Å². The first-order chi connectivity index (χ1) is 12.2. The predicted octanol–water partition coefficient (Wildman–Crippen LogP) is 2.11. The largest absolute Gasteiger partial charge is 0.497 e. The number of hydrogen-bond acceptors (Lipinski definition) is 6. The van der Waals surface area contributed by atoms with Crippen molar-refractivity contribution in [1.82, 2.24) is 4.90 Å². The van der Waals surface area contributed by atoms with E-state index in [1.54, 1.807) is 14.1 Å². The summed E-state index contributed by atoms with van der Waals surface area (Å²) >= 11 is 0. The van der Waals surface area contributed by atoms with Crippen LogP contribution in [0.1, 0.15) is 10.4 Å². The highest BCUT2D eigenvalue weighted by Crippen LogP contribution is 2.29. The van der Waals surface area contributed by atoms with E-state index in [2.05, 4.69) is 4.72 Å². The second kappa shape index (κ2) is 7.40. The van der Waals surface area contributed by atoms with E-state index in [1.807, 2.05) is 0 Å². The third-order valence-corrected chi connectivity index (χ3v) is 4.87. The Balaban J connectivity index is 2.35. The number of nitro benzene ring substituents is 1. The molecule has 0 heterocycles. The number of carbonyl (C=O) groups excluding carboxylic acids is 1. The molecule has 0 aliphatic carbocycles. The van der Waals surface area contributed by atoms with E-state index in [1.165, 1.54) is 42.3 Å². The van der Waals surface area contributed by atoms with E-state index >= 15 is 0 Å². The van der Waals surface area contributed by atoms with Crippen molar-refractivity contribution in [2.45, 2.75) is 4.90 Å². The van der Waals surface area contributed by atoms with Gasteiger partial charge in [0.2, 0.25) is 0 Å². The summed E-state index contributed by atoms with van der Waals surface area (Å²) in [6.45, 7) is 0. The lowest BCUT2D eigenvalue weighted by Gasteiger charge is -2.12. The Morgan fingerprint density at radius 2 is 1.77 bits per heavy atom. The molecule has 0 fully saturated rings. The van der Waals surface area contributed by atoms with Gasteiger partial charge in [-0.3, -0.25) is 19.6 Å². The Morgan fingerprint density at radius 1 is 1.15 bits per heavy atom. The van der Waals surface area contributed by atoms with E-state index in [0.717, 1.165) is 12.1 Å².